The fourth-order valence-electron chi connectivity index (χ4n) is 7.74. The van der Waals surface area contributed by atoms with Crippen molar-refractivity contribution in [1.29, 1.82) is 0 Å². The number of anilines is 2. The van der Waals surface area contributed by atoms with E-state index in [0.29, 0.717) is 45.8 Å². The van der Waals surface area contributed by atoms with E-state index in [0.717, 1.165) is 24.8 Å². The van der Waals surface area contributed by atoms with E-state index in [-0.39, 0.29) is 53.6 Å². The van der Waals surface area contributed by atoms with Gasteiger partial charge in [0.25, 0.3) is 5.91 Å². The first-order valence-corrected chi connectivity index (χ1v) is 15.7. The van der Waals surface area contributed by atoms with Crippen LogP contribution in [0.2, 0.25) is 5.02 Å². The Balaban J connectivity index is 1.35. The lowest BCUT2D eigenvalue weighted by molar-refractivity contribution is -0.131. The van der Waals surface area contributed by atoms with Crippen LogP contribution in [-0.4, -0.2) is 89.0 Å². The summed E-state index contributed by atoms with van der Waals surface area (Å²) in [4.78, 5) is 44.2. The lowest BCUT2D eigenvalue weighted by atomic mass is 9.95. The van der Waals surface area contributed by atoms with Gasteiger partial charge in [-0.3, -0.25) is 19.5 Å². The zero-order valence-corrected chi connectivity index (χ0v) is 25.8. The molecule has 0 unspecified atom stereocenters. The summed E-state index contributed by atoms with van der Waals surface area (Å²) in [7, 11) is 2.06. The van der Waals surface area contributed by atoms with Gasteiger partial charge in [-0.2, -0.15) is 0 Å². The highest BCUT2D eigenvalue weighted by Crippen LogP contribution is 2.51. The average Bonchev–Trinajstić information content (AvgIpc) is 3.48. The van der Waals surface area contributed by atoms with E-state index < -0.39 is 11.9 Å². The summed E-state index contributed by atoms with van der Waals surface area (Å²) in [5, 5.41) is 2.57. The maximum Gasteiger partial charge on any atom is 0.251 e. The molecule has 6 heterocycles. The zero-order valence-electron chi connectivity index (χ0n) is 25.0. The largest absolute Gasteiger partial charge is 0.469 e. The lowest BCUT2D eigenvalue weighted by Gasteiger charge is -2.52. The third-order valence-corrected chi connectivity index (χ3v) is 10.2. The Labute approximate surface area is 264 Å². The molecule has 0 spiro atoms. The van der Waals surface area contributed by atoms with Gasteiger partial charge < -0.3 is 19.4 Å². The molecule has 4 aliphatic rings. The number of hydrogen-bond donors (Lipinski definition) is 0. The van der Waals surface area contributed by atoms with Crippen LogP contribution < -0.4 is 14.5 Å². The highest BCUT2D eigenvalue weighted by Gasteiger charge is 2.50. The number of likely N-dealkylation sites (N-methyl/N-ethyl adjacent to an activating group) is 1. The van der Waals surface area contributed by atoms with Crippen LogP contribution in [0.3, 0.4) is 0 Å². The van der Waals surface area contributed by atoms with Crippen LogP contribution in [0.25, 0.3) is 32.9 Å². The van der Waals surface area contributed by atoms with Crippen molar-refractivity contribution in [2.45, 2.75) is 44.0 Å². The second kappa shape index (κ2) is 10.4. The maximum absolute atomic E-state index is 16.9. The van der Waals surface area contributed by atoms with Gasteiger partial charge in [0.05, 0.1) is 18.8 Å². The van der Waals surface area contributed by atoms with Crippen LogP contribution in [-0.2, 0) is 9.59 Å². The first-order valence-electron chi connectivity index (χ1n) is 15.3. The van der Waals surface area contributed by atoms with Gasteiger partial charge in [0, 0.05) is 46.2 Å². The van der Waals surface area contributed by atoms with Gasteiger partial charge in [-0.25, -0.2) is 9.37 Å². The van der Waals surface area contributed by atoms with Gasteiger partial charge in [-0.15, -0.1) is 0 Å². The SMILES string of the molecule is C=CC(=O)N1C[C@@H]2C(=O)N3C[C@H]([C@@H]4CCCN4C)Oc4nc5c(F)c(-c6cccc7cccc(Cl)c67)ncc5c(c43)N2C[C@H]1C. The van der Waals surface area contributed by atoms with Crippen LogP contribution in [0, 0.1) is 5.82 Å². The minimum Gasteiger partial charge on any atom is -0.469 e. The Hall–Kier alpha value is -4.28. The molecule has 0 N–H and O–H groups in total. The number of hydrogen-bond acceptors (Lipinski definition) is 7. The van der Waals surface area contributed by atoms with Gasteiger partial charge in [0.1, 0.15) is 29.0 Å². The second-order valence-corrected chi connectivity index (χ2v) is 12.9. The van der Waals surface area contributed by atoms with Crippen molar-refractivity contribution >= 4 is 56.5 Å². The summed E-state index contributed by atoms with van der Waals surface area (Å²) in [5.41, 5.74) is 2.02. The first-order chi connectivity index (χ1) is 21.8. The standard InChI is InChI=1S/C34H32ClFN6O3/c1-4-26(43)40-16-24-34(44)42-17-25(23-12-7-13-39(23)3)45-33-32(42)31(41(24)15-18(40)2)21-14-37-29(28(36)30(21)38-33)20-10-5-8-19-9-6-11-22(35)27(19)20/h4-6,8-11,14,18,23-25H,1,7,12-13,15-17H2,2-3H3/t18-,23+,24-,25-/m1/s1. The normalized spacial score (nSPS) is 24.5. The molecule has 45 heavy (non-hydrogen) atoms. The molecule has 0 aliphatic carbocycles. The molecule has 230 valence electrons. The van der Waals surface area contributed by atoms with Crippen molar-refractivity contribution in [2.75, 3.05) is 43.0 Å². The molecule has 8 rings (SSSR count). The number of piperazine rings is 1. The first kappa shape index (κ1) is 28.2. The lowest BCUT2D eigenvalue weighted by Crippen LogP contribution is -2.67. The molecule has 4 atom stereocenters. The van der Waals surface area contributed by atoms with E-state index in [4.69, 9.17) is 21.3 Å². The van der Waals surface area contributed by atoms with Crippen LogP contribution >= 0.6 is 11.6 Å². The molecular formula is C34H32ClFN6O3. The number of nitrogens with zero attached hydrogens (tertiary/aromatic N) is 6. The summed E-state index contributed by atoms with van der Waals surface area (Å²) in [6.07, 6.45) is 4.54. The molecule has 4 aliphatic heterocycles. The van der Waals surface area contributed by atoms with Crippen LogP contribution in [0.5, 0.6) is 5.88 Å². The minimum atomic E-state index is -0.657. The number of amides is 2. The van der Waals surface area contributed by atoms with E-state index in [9.17, 15) is 9.59 Å². The van der Waals surface area contributed by atoms with Gasteiger partial charge in [0.15, 0.2) is 5.82 Å². The van der Waals surface area contributed by atoms with Crippen LogP contribution in [0.4, 0.5) is 15.8 Å². The molecule has 11 heteroatoms. The monoisotopic (exact) mass is 626 g/mol. The van der Waals surface area contributed by atoms with E-state index in [1.54, 1.807) is 22.1 Å². The summed E-state index contributed by atoms with van der Waals surface area (Å²) < 4.78 is 23.5. The van der Waals surface area contributed by atoms with E-state index in [1.807, 2.05) is 42.2 Å². The molecule has 2 fully saturated rings. The minimum absolute atomic E-state index is 0.0887. The Kier molecular flexibility index (Phi) is 6.51. The second-order valence-electron chi connectivity index (χ2n) is 12.4. The Bertz CT molecular complexity index is 1930. The van der Waals surface area contributed by atoms with E-state index >= 15 is 4.39 Å². The molecule has 9 nitrogen and oxygen atoms in total. The zero-order chi connectivity index (χ0) is 31.1. The summed E-state index contributed by atoms with van der Waals surface area (Å²) in [6, 6.07) is 10.4. The summed E-state index contributed by atoms with van der Waals surface area (Å²) in [6.45, 7) is 7.44. The van der Waals surface area contributed by atoms with Gasteiger partial charge in [-0.05, 0) is 50.9 Å². The number of benzene rings is 2. The Morgan fingerprint density at radius 2 is 1.96 bits per heavy atom. The van der Waals surface area contributed by atoms with Gasteiger partial charge >= 0.3 is 0 Å². The molecule has 0 saturated carbocycles. The Morgan fingerprint density at radius 3 is 2.71 bits per heavy atom. The van der Waals surface area contributed by atoms with E-state index in [2.05, 4.69) is 23.5 Å². The number of likely N-dealkylation sites (tertiary alicyclic amines) is 1. The van der Waals surface area contributed by atoms with Crippen molar-refractivity contribution < 1.29 is 18.7 Å². The molecule has 2 aromatic carbocycles. The molecule has 2 amide bonds. The summed E-state index contributed by atoms with van der Waals surface area (Å²) in [5.74, 6) is -0.691. The quantitative estimate of drug-likeness (QED) is 0.295. The third-order valence-electron chi connectivity index (χ3n) is 9.93. The predicted octanol–water partition coefficient (Wildman–Crippen LogP) is 5.04. The summed E-state index contributed by atoms with van der Waals surface area (Å²) >= 11 is 6.62. The highest BCUT2D eigenvalue weighted by molar-refractivity contribution is 6.36. The average molecular weight is 627 g/mol. The van der Waals surface area contributed by atoms with Gasteiger partial charge in [-0.1, -0.05) is 48.5 Å². The molecular weight excluding hydrogens is 595 g/mol. The number of rotatable bonds is 3. The fourth-order valence-corrected chi connectivity index (χ4v) is 8.02. The maximum atomic E-state index is 16.9. The predicted molar refractivity (Wildman–Crippen MR) is 172 cm³/mol. The fraction of sp³-hybridized carbons (Fsp3) is 0.353. The number of ether oxygens (including phenoxy) is 1. The number of halogens is 2. The molecule has 0 radical (unpaired) electrons. The number of fused-ring (bicyclic) bond motifs is 5. The Morgan fingerprint density at radius 1 is 1.16 bits per heavy atom. The van der Waals surface area contributed by atoms with Crippen molar-refractivity contribution in [1.82, 2.24) is 19.8 Å². The molecule has 0 bridgehead atoms. The number of carbonyl (C=O) groups is 2. The van der Waals surface area contributed by atoms with Gasteiger partial charge in [0.2, 0.25) is 11.8 Å². The van der Waals surface area contributed by atoms with Crippen LogP contribution in [0.15, 0.2) is 55.3 Å². The third kappa shape index (κ3) is 4.15. The highest BCUT2D eigenvalue weighted by atomic mass is 35.5. The van der Waals surface area contributed by atoms with Crippen LogP contribution in [0.1, 0.15) is 19.8 Å². The number of pyridine rings is 2. The number of aromatic nitrogens is 2. The van der Waals surface area contributed by atoms with Crippen molar-refractivity contribution in [3.63, 3.8) is 0 Å². The van der Waals surface area contributed by atoms with Crippen molar-refractivity contribution in [3.8, 4) is 17.1 Å². The topological polar surface area (TPSA) is 82.1 Å². The molecule has 2 aromatic heterocycles. The smallest absolute Gasteiger partial charge is 0.251 e. The molecule has 2 saturated heterocycles. The van der Waals surface area contributed by atoms with E-state index in [1.165, 1.54) is 6.08 Å². The van der Waals surface area contributed by atoms with Crippen molar-refractivity contribution in [2.24, 2.45) is 0 Å². The van der Waals surface area contributed by atoms with Crippen molar-refractivity contribution in [3.05, 3.63) is 66.1 Å². The molecule has 4 aromatic rings. The number of carbonyl (C=O) groups excluding carboxylic acids is 2.